The number of morpholine rings is 1. The second-order valence-corrected chi connectivity index (χ2v) is 13.7. The van der Waals surface area contributed by atoms with Gasteiger partial charge in [-0.2, -0.15) is 5.10 Å². The number of nitrogens with one attached hydrogen (secondary N) is 2. The average Bonchev–Trinajstić information content (AvgIpc) is 3.79. The van der Waals surface area contributed by atoms with E-state index in [4.69, 9.17) is 35.6 Å². The molecule has 0 spiro atoms. The highest BCUT2D eigenvalue weighted by atomic mass is 16.5. The van der Waals surface area contributed by atoms with E-state index in [0.29, 0.717) is 85.8 Å². The molecule has 290 valence electrons. The van der Waals surface area contributed by atoms with Crippen LogP contribution < -0.4 is 22.1 Å². The summed E-state index contributed by atoms with van der Waals surface area (Å²) in [4.78, 5) is 38.0. The molecular formula is C38H53N11O5. The van der Waals surface area contributed by atoms with Crippen molar-refractivity contribution in [3.8, 4) is 0 Å². The third kappa shape index (κ3) is 8.51. The van der Waals surface area contributed by atoms with Crippen molar-refractivity contribution in [2.45, 2.75) is 71.4 Å². The van der Waals surface area contributed by atoms with Crippen LogP contribution in [0.5, 0.6) is 0 Å². The fourth-order valence-electron chi connectivity index (χ4n) is 7.32. The topological polar surface area (TPSA) is 195 Å². The van der Waals surface area contributed by atoms with Crippen LogP contribution in [0.25, 0.3) is 12.2 Å². The van der Waals surface area contributed by atoms with Gasteiger partial charge in [0.25, 0.3) is 5.91 Å². The lowest BCUT2D eigenvalue weighted by Gasteiger charge is -2.27. The number of amides is 2. The van der Waals surface area contributed by atoms with Crippen LogP contribution in [0.15, 0.2) is 41.6 Å². The Balaban J connectivity index is 1.27. The third-order valence-electron chi connectivity index (χ3n) is 10.1. The normalized spacial score (nSPS) is 18.8. The number of ether oxygens (including phenoxy) is 3. The van der Waals surface area contributed by atoms with E-state index in [-0.39, 0.29) is 12.0 Å². The van der Waals surface area contributed by atoms with Gasteiger partial charge in [-0.15, -0.1) is 0 Å². The number of methoxy groups -OCH3 is 1. The van der Waals surface area contributed by atoms with E-state index < -0.39 is 12.0 Å². The van der Waals surface area contributed by atoms with Gasteiger partial charge in [-0.25, -0.2) is 9.97 Å². The predicted octanol–water partition coefficient (Wildman–Crippen LogP) is 3.54. The molecule has 3 aliphatic rings. The number of carbonyl (C=O) groups is 2. The summed E-state index contributed by atoms with van der Waals surface area (Å²) >= 11 is 0. The Labute approximate surface area is 315 Å². The van der Waals surface area contributed by atoms with Crippen LogP contribution in [0.4, 0.5) is 11.9 Å². The first-order valence-corrected chi connectivity index (χ1v) is 18.6. The highest BCUT2D eigenvalue weighted by molar-refractivity contribution is 6.02. The number of aromatic nitrogens is 6. The maximum Gasteiger partial charge on any atom is 0.276 e. The molecule has 2 aliphatic carbocycles. The molecule has 2 atom stereocenters. The summed E-state index contributed by atoms with van der Waals surface area (Å²) in [6.45, 7) is 13.9. The zero-order valence-corrected chi connectivity index (χ0v) is 31.8. The summed E-state index contributed by atoms with van der Waals surface area (Å²) in [5.41, 5.74) is 18.0. The summed E-state index contributed by atoms with van der Waals surface area (Å²) in [7, 11) is 3.49. The Morgan fingerprint density at radius 2 is 1.70 bits per heavy atom. The summed E-state index contributed by atoms with van der Waals surface area (Å²) in [5, 5.41) is 10.7. The molecule has 4 heterocycles. The molecule has 3 aromatic rings. The van der Waals surface area contributed by atoms with Crippen molar-refractivity contribution in [1.82, 2.24) is 33.8 Å². The Kier molecular flexibility index (Phi) is 12.5. The standard InChI is InChI=1S/C38H53N11O5/c1-6-49-30(20-24(2)45-49)36(51)44-38-43-28-21-26(25(3)39)10-11-31(52-5)33(28)48(38)14-8-7-13-47-34-29(42-37(47)41-4)22-27(35(40)50)23-32(34)54-17-9-12-46-15-18-53-19-16-46/h7-8,20-22,31-32H,3,6,9-19,23,39H2,1-2,4-5H3,(H2,40,50)(H,41,42)(H,43,44,51)/b8-7+. The van der Waals surface area contributed by atoms with Gasteiger partial charge >= 0.3 is 0 Å². The number of nitrogens with zero attached hydrogens (tertiary/aromatic N) is 7. The van der Waals surface area contributed by atoms with Gasteiger partial charge in [0, 0.05) is 77.7 Å². The van der Waals surface area contributed by atoms with E-state index in [1.54, 1.807) is 23.9 Å². The second kappa shape index (κ2) is 17.4. The molecule has 0 aromatic carbocycles. The second-order valence-electron chi connectivity index (χ2n) is 13.7. The van der Waals surface area contributed by atoms with Gasteiger partial charge in [0.1, 0.15) is 11.8 Å². The van der Waals surface area contributed by atoms with E-state index in [0.717, 1.165) is 61.9 Å². The van der Waals surface area contributed by atoms with Crippen molar-refractivity contribution >= 4 is 35.9 Å². The molecule has 6 N–H and O–H groups in total. The van der Waals surface area contributed by atoms with Gasteiger partial charge in [-0.3, -0.25) is 24.5 Å². The van der Waals surface area contributed by atoms with Crippen LogP contribution >= 0.6 is 0 Å². The van der Waals surface area contributed by atoms with Crippen LogP contribution in [0.2, 0.25) is 0 Å². The maximum absolute atomic E-state index is 13.6. The van der Waals surface area contributed by atoms with Crippen molar-refractivity contribution in [2.75, 3.05) is 64.2 Å². The van der Waals surface area contributed by atoms with E-state index in [9.17, 15) is 9.59 Å². The van der Waals surface area contributed by atoms with Crippen molar-refractivity contribution in [2.24, 2.45) is 11.5 Å². The van der Waals surface area contributed by atoms with Crippen LogP contribution in [0.1, 0.15) is 83.8 Å². The Bertz CT molecular complexity index is 1950. The van der Waals surface area contributed by atoms with Gasteiger partial charge in [0.2, 0.25) is 17.8 Å². The number of nitrogens with two attached hydrogens (primary N) is 2. The molecule has 6 rings (SSSR count). The molecular weight excluding hydrogens is 690 g/mol. The Morgan fingerprint density at radius 1 is 1.04 bits per heavy atom. The molecule has 54 heavy (non-hydrogen) atoms. The lowest BCUT2D eigenvalue weighted by atomic mass is 9.96. The molecule has 1 saturated heterocycles. The molecule has 16 nitrogen and oxygen atoms in total. The molecule has 0 radical (unpaired) electrons. The highest BCUT2D eigenvalue weighted by Crippen LogP contribution is 2.38. The summed E-state index contributed by atoms with van der Waals surface area (Å²) in [5.74, 6) is 0.225. The molecule has 0 bridgehead atoms. The fraction of sp³-hybridized carbons (Fsp3) is 0.500. The minimum absolute atomic E-state index is 0.299. The molecule has 1 fully saturated rings. The van der Waals surface area contributed by atoms with Crippen LogP contribution in [-0.2, 0) is 38.6 Å². The number of hydrogen-bond acceptors (Lipinski definition) is 11. The lowest BCUT2D eigenvalue weighted by molar-refractivity contribution is -0.115. The number of imidazole rings is 2. The zero-order chi connectivity index (χ0) is 38.4. The SMILES string of the molecule is C=C(N)C1=Cc2nc(NC(=O)c3cc(C)nn3CC)n(C/C=C/Cn3c(NC)nc4c3C(OCCCN3CCOCC3)CC(C(N)=O)=C4)c2C(OC)CC1. The van der Waals surface area contributed by atoms with Crippen molar-refractivity contribution in [1.29, 1.82) is 0 Å². The number of aryl methyl sites for hydroxylation is 2. The van der Waals surface area contributed by atoms with E-state index in [1.165, 1.54) is 0 Å². The first-order chi connectivity index (χ1) is 26.1. The third-order valence-corrected chi connectivity index (χ3v) is 10.1. The molecule has 3 aromatic heterocycles. The fourth-order valence-corrected chi connectivity index (χ4v) is 7.32. The van der Waals surface area contributed by atoms with Crippen molar-refractivity contribution in [3.05, 3.63) is 75.8 Å². The van der Waals surface area contributed by atoms with Crippen molar-refractivity contribution in [3.63, 3.8) is 0 Å². The van der Waals surface area contributed by atoms with Gasteiger partial charge in [-0.1, -0.05) is 18.7 Å². The number of allylic oxidation sites excluding steroid dienone is 3. The number of fused-ring (bicyclic) bond motifs is 2. The van der Waals surface area contributed by atoms with Crippen molar-refractivity contribution < 1.29 is 23.8 Å². The first kappa shape index (κ1) is 38.7. The summed E-state index contributed by atoms with van der Waals surface area (Å²) in [6.07, 6.45) is 9.62. The minimum Gasteiger partial charge on any atom is -0.399 e. The molecule has 0 saturated carbocycles. The predicted molar refractivity (Wildman–Crippen MR) is 206 cm³/mol. The van der Waals surface area contributed by atoms with E-state index in [1.807, 2.05) is 43.7 Å². The number of hydrogen-bond donors (Lipinski definition) is 4. The van der Waals surface area contributed by atoms with Gasteiger partial charge < -0.3 is 40.1 Å². The number of anilines is 2. The molecule has 16 heteroatoms. The van der Waals surface area contributed by atoms with Gasteiger partial charge in [0.05, 0.1) is 47.8 Å². The number of primary amides is 1. The molecule has 2 amide bonds. The van der Waals surface area contributed by atoms with Crippen LogP contribution in [0, 0.1) is 6.92 Å². The average molecular weight is 744 g/mol. The Morgan fingerprint density at radius 3 is 2.35 bits per heavy atom. The van der Waals surface area contributed by atoms with Crippen LogP contribution in [0.3, 0.4) is 0 Å². The lowest BCUT2D eigenvalue weighted by Crippen LogP contribution is -2.37. The summed E-state index contributed by atoms with van der Waals surface area (Å²) < 4.78 is 23.6. The smallest absolute Gasteiger partial charge is 0.276 e. The monoisotopic (exact) mass is 743 g/mol. The van der Waals surface area contributed by atoms with E-state index >= 15 is 0 Å². The number of carbonyl (C=O) groups excluding carboxylic acids is 2. The molecule has 1 aliphatic heterocycles. The minimum atomic E-state index is -0.480. The first-order valence-electron chi connectivity index (χ1n) is 18.6. The van der Waals surface area contributed by atoms with E-state index in [2.05, 4.69) is 31.8 Å². The quantitative estimate of drug-likeness (QED) is 0.124. The summed E-state index contributed by atoms with van der Waals surface area (Å²) in [6, 6.07) is 1.76. The number of rotatable bonds is 16. The van der Waals surface area contributed by atoms with Gasteiger partial charge in [0.15, 0.2) is 0 Å². The highest BCUT2D eigenvalue weighted by Gasteiger charge is 2.31. The Hall–Kier alpha value is -5.03. The van der Waals surface area contributed by atoms with Gasteiger partial charge in [-0.05, 0) is 56.9 Å². The maximum atomic E-state index is 13.6. The molecule has 2 unspecified atom stereocenters. The zero-order valence-electron chi connectivity index (χ0n) is 31.8. The van der Waals surface area contributed by atoms with Crippen LogP contribution in [-0.4, -0.2) is 99.2 Å². The largest absolute Gasteiger partial charge is 0.399 e.